The molecule has 0 aliphatic rings. The predicted octanol–water partition coefficient (Wildman–Crippen LogP) is 4.32. The summed E-state index contributed by atoms with van der Waals surface area (Å²) in [4.78, 5) is 28.2. The van der Waals surface area contributed by atoms with Crippen LogP contribution in [-0.4, -0.2) is 32.3 Å². The van der Waals surface area contributed by atoms with E-state index in [4.69, 9.17) is 5.11 Å². The van der Waals surface area contributed by atoms with E-state index in [1.165, 1.54) is 12.1 Å². The Labute approximate surface area is 188 Å². The standard InChI is InChI=1S/C23H32FN3O3S/c1-4-5-6-21-26-18(11-25-22(28)17(14-31)9-15(2)3)13-27(21)12-16-7-8-19(23(29)30)20(24)10-16/h7-8,10,13,15,17,31H,4-6,9,11-12,14H2,1-3H3,(H,25,28)(H,29,30)/t17-/m1/s1. The molecule has 31 heavy (non-hydrogen) atoms. The van der Waals surface area contributed by atoms with Crippen molar-refractivity contribution in [3.8, 4) is 0 Å². The van der Waals surface area contributed by atoms with Crippen LogP contribution in [0.25, 0.3) is 0 Å². The second-order valence-corrected chi connectivity index (χ2v) is 8.59. The molecule has 1 heterocycles. The van der Waals surface area contributed by atoms with Crippen molar-refractivity contribution in [2.75, 3.05) is 5.75 Å². The van der Waals surface area contributed by atoms with E-state index in [1.54, 1.807) is 6.07 Å². The molecule has 0 saturated heterocycles. The van der Waals surface area contributed by atoms with Crippen LogP contribution in [0.4, 0.5) is 4.39 Å². The summed E-state index contributed by atoms with van der Waals surface area (Å²) in [6.45, 7) is 6.96. The van der Waals surface area contributed by atoms with Crippen molar-refractivity contribution in [3.05, 3.63) is 52.9 Å². The van der Waals surface area contributed by atoms with E-state index in [-0.39, 0.29) is 17.4 Å². The smallest absolute Gasteiger partial charge is 0.338 e. The summed E-state index contributed by atoms with van der Waals surface area (Å²) in [6, 6.07) is 4.14. The van der Waals surface area contributed by atoms with Crippen LogP contribution < -0.4 is 5.32 Å². The fourth-order valence-corrected chi connectivity index (χ4v) is 3.77. The molecule has 0 radical (unpaired) electrons. The molecule has 0 bridgehead atoms. The Balaban J connectivity index is 2.14. The lowest BCUT2D eigenvalue weighted by Crippen LogP contribution is -2.32. The van der Waals surface area contributed by atoms with E-state index >= 15 is 0 Å². The van der Waals surface area contributed by atoms with Crippen LogP contribution in [0.3, 0.4) is 0 Å². The van der Waals surface area contributed by atoms with E-state index in [0.29, 0.717) is 30.3 Å². The van der Waals surface area contributed by atoms with Gasteiger partial charge in [0.1, 0.15) is 11.6 Å². The molecular weight excluding hydrogens is 417 g/mol. The number of aromatic carboxylic acids is 1. The lowest BCUT2D eigenvalue weighted by atomic mass is 9.98. The number of hydrogen-bond acceptors (Lipinski definition) is 4. The van der Waals surface area contributed by atoms with E-state index in [9.17, 15) is 14.0 Å². The molecule has 0 aliphatic heterocycles. The number of carboxylic acid groups (broad SMARTS) is 1. The number of rotatable bonds is 12. The summed E-state index contributed by atoms with van der Waals surface area (Å²) >= 11 is 4.30. The molecule has 1 aromatic heterocycles. The van der Waals surface area contributed by atoms with Gasteiger partial charge in [-0.25, -0.2) is 14.2 Å². The number of nitrogens with zero attached hydrogens (tertiary/aromatic N) is 2. The first-order chi connectivity index (χ1) is 14.7. The summed E-state index contributed by atoms with van der Waals surface area (Å²) in [5.41, 5.74) is 1.05. The topological polar surface area (TPSA) is 84.2 Å². The maximum Gasteiger partial charge on any atom is 0.338 e. The quantitative estimate of drug-likeness (QED) is 0.422. The Kier molecular flexibility index (Phi) is 9.55. The molecule has 0 saturated carbocycles. The molecule has 6 nitrogen and oxygen atoms in total. The van der Waals surface area contributed by atoms with Gasteiger partial charge in [0.05, 0.1) is 17.8 Å². The second-order valence-electron chi connectivity index (χ2n) is 8.23. The van der Waals surface area contributed by atoms with Crippen molar-refractivity contribution in [1.82, 2.24) is 14.9 Å². The van der Waals surface area contributed by atoms with Crippen LogP contribution in [0.15, 0.2) is 24.4 Å². The van der Waals surface area contributed by atoms with Crippen molar-refractivity contribution in [2.24, 2.45) is 11.8 Å². The maximum absolute atomic E-state index is 14.1. The van der Waals surface area contributed by atoms with Gasteiger partial charge in [-0.15, -0.1) is 0 Å². The summed E-state index contributed by atoms with van der Waals surface area (Å²) in [6.07, 6.45) is 5.40. The van der Waals surface area contributed by atoms with Crippen molar-refractivity contribution in [1.29, 1.82) is 0 Å². The summed E-state index contributed by atoms with van der Waals surface area (Å²) in [5.74, 6) is -0.434. The van der Waals surface area contributed by atoms with E-state index < -0.39 is 11.8 Å². The minimum Gasteiger partial charge on any atom is -0.478 e. The third-order valence-electron chi connectivity index (χ3n) is 5.07. The highest BCUT2D eigenvalue weighted by Gasteiger charge is 2.19. The van der Waals surface area contributed by atoms with Crippen LogP contribution in [0.1, 0.15) is 67.5 Å². The van der Waals surface area contributed by atoms with E-state index in [2.05, 4.69) is 43.7 Å². The van der Waals surface area contributed by atoms with Crippen LogP contribution in [0, 0.1) is 17.7 Å². The first-order valence-corrected chi connectivity index (χ1v) is 11.3. The van der Waals surface area contributed by atoms with Gasteiger partial charge in [0.15, 0.2) is 0 Å². The Morgan fingerprint density at radius 2 is 2.06 bits per heavy atom. The average molecular weight is 450 g/mol. The highest BCUT2D eigenvalue weighted by Crippen LogP contribution is 2.16. The number of benzene rings is 1. The molecule has 2 rings (SSSR count). The number of thiol groups is 1. The van der Waals surface area contributed by atoms with Crippen LogP contribution >= 0.6 is 12.6 Å². The lowest BCUT2D eigenvalue weighted by Gasteiger charge is -2.16. The van der Waals surface area contributed by atoms with Crippen molar-refractivity contribution < 1.29 is 19.1 Å². The third kappa shape index (κ3) is 7.38. The number of nitrogens with one attached hydrogen (secondary N) is 1. The third-order valence-corrected chi connectivity index (χ3v) is 5.51. The first-order valence-electron chi connectivity index (χ1n) is 10.7. The average Bonchev–Trinajstić information content (AvgIpc) is 3.09. The van der Waals surface area contributed by atoms with Gasteiger partial charge in [-0.2, -0.15) is 12.6 Å². The molecule has 0 fully saturated rings. The van der Waals surface area contributed by atoms with E-state index in [1.807, 2.05) is 10.8 Å². The maximum atomic E-state index is 14.1. The van der Waals surface area contributed by atoms with Crippen molar-refractivity contribution in [3.63, 3.8) is 0 Å². The van der Waals surface area contributed by atoms with Gasteiger partial charge in [-0.3, -0.25) is 4.79 Å². The number of unbranched alkanes of at least 4 members (excludes halogenated alkanes) is 1. The number of carbonyl (C=O) groups excluding carboxylic acids is 1. The highest BCUT2D eigenvalue weighted by atomic mass is 32.1. The summed E-state index contributed by atoms with van der Waals surface area (Å²) in [7, 11) is 0. The second kappa shape index (κ2) is 11.9. The number of hydrogen-bond donors (Lipinski definition) is 3. The molecular formula is C23H32FN3O3S. The highest BCUT2D eigenvalue weighted by molar-refractivity contribution is 7.80. The molecule has 2 aromatic rings. The Bertz CT molecular complexity index is 898. The van der Waals surface area contributed by atoms with Gasteiger partial charge < -0.3 is 15.0 Å². The largest absolute Gasteiger partial charge is 0.478 e. The Hall–Kier alpha value is -2.35. The number of carboxylic acids is 1. The molecule has 2 N–H and O–H groups in total. The van der Waals surface area contributed by atoms with Gasteiger partial charge in [0, 0.05) is 30.8 Å². The van der Waals surface area contributed by atoms with Gasteiger partial charge in [-0.05, 0) is 36.5 Å². The molecule has 1 atom stereocenters. The minimum absolute atomic E-state index is 0.0281. The number of amides is 1. The molecule has 1 aromatic carbocycles. The van der Waals surface area contributed by atoms with Gasteiger partial charge >= 0.3 is 5.97 Å². The molecule has 0 aliphatic carbocycles. The van der Waals surface area contributed by atoms with Gasteiger partial charge in [-0.1, -0.05) is 33.3 Å². The zero-order chi connectivity index (χ0) is 23.0. The van der Waals surface area contributed by atoms with Crippen LogP contribution in [0.5, 0.6) is 0 Å². The van der Waals surface area contributed by atoms with Gasteiger partial charge in [0.2, 0.25) is 5.91 Å². The van der Waals surface area contributed by atoms with Crippen molar-refractivity contribution >= 4 is 24.5 Å². The number of imidazole rings is 1. The number of aryl methyl sites for hydroxylation is 1. The Morgan fingerprint density at radius 3 is 2.65 bits per heavy atom. The van der Waals surface area contributed by atoms with Crippen LogP contribution in [-0.2, 0) is 24.3 Å². The fraction of sp³-hybridized carbons (Fsp3) is 0.522. The summed E-state index contributed by atoms with van der Waals surface area (Å²) in [5, 5.41) is 12.0. The molecule has 0 unspecified atom stereocenters. The van der Waals surface area contributed by atoms with Gasteiger partial charge in [0.25, 0.3) is 0 Å². The molecule has 8 heteroatoms. The zero-order valence-corrected chi connectivity index (χ0v) is 19.3. The minimum atomic E-state index is -1.29. The van der Waals surface area contributed by atoms with Crippen molar-refractivity contribution in [2.45, 2.75) is 59.5 Å². The van der Waals surface area contributed by atoms with E-state index in [0.717, 1.165) is 37.2 Å². The molecule has 1 amide bonds. The number of carbonyl (C=O) groups is 2. The van der Waals surface area contributed by atoms with Crippen LogP contribution in [0.2, 0.25) is 0 Å². The monoisotopic (exact) mass is 449 g/mol. The lowest BCUT2D eigenvalue weighted by molar-refractivity contribution is -0.124. The summed E-state index contributed by atoms with van der Waals surface area (Å²) < 4.78 is 16.0. The predicted molar refractivity (Wildman–Crippen MR) is 122 cm³/mol. The number of aromatic nitrogens is 2. The zero-order valence-electron chi connectivity index (χ0n) is 18.4. The SMILES string of the molecule is CCCCc1nc(CNC(=O)[C@@H](CS)CC(C)C)cn1Cc1ccc(C(=O)O)c(F)c1. The first kappa shape index (κ1) is 24.9. The Morgan fingerprint density at radius 1 is 1.32 bits per heavy atom. The number of halogens is 1. The molecule has 170 valence electrons. The molecule has 0 spiro atoms. The fourth-order valence-electron chi connectivity index (χ4n) is 3.45. The normalized spacial score (nSPS) is 12.2.